The summed E-state index contributed by atoms with van der Waals surface area (Å²) in [6.07, 6.45) is 7.43. The Labute approximate surface area is 91.5 Å². The lowest BCUT2D eigenvalue weighted by Gasteiger charge is -2.10. The first-order valence-electron chi connectivity index (χ1n) is 6.15. The molecule has 82 valence electrons. The third-order valence-electron chi connectivity index (χ3n) is 4.08. The summed E-state index contributed by atoms with van der Waals surface area (Å²) in [5.74, 6) is 0. The van der Waals surface area contributed by atoms with E-state index in [2.05, 4.69) is 17.6 Å². The monoisotopic (exact) mass is 204 g/mol. The number of fused-ring (bicyclic) bond motifs is 1. The highest BCUT2D eigenvalue weighted by atomic mass is 15.0. The standard InChI is InChI=1S/C13H20N2/c1-10-9-11(4-5-13(14)6-7-13)15-8-2-3-12(10)15/h9H,2-8,14H2,1H3. The lowest BCUT2D eigenvalue weighted by atomic mass is 10.1. The summed E-state index contributed by atoms with van der Waals surface area (Å²) < 4.78 is 2.53. The van der Waals surface area contributed by atoms with Crippen LogP contribution >= 0.6 is 0 Å². The third kappa shape index (κ3) is 1.61. The molecule has 2 heterocycles. The Kier molecular flexibility index (Phi) is 1.96. The average molecular weight is 204 g/mol. The molecule has 0 saturated heterocycles. The topological polar surface area (TPSA) is 30.9 Å². The average Bonchev–Trinajstić information content (AvgIpc) is 2.65. The molecular weight excluding hydrogens is 184 g/mol. The Morgan fingerprint density at radius 1 is 1.47 bits per heavy atom. The first kappa shape index (κ1) is 9.46. The van der Waals surface area contributed by atoms with Gasteiger partial charge in [0.05, 0.1) is 0 Å². The van der Waals surface area contributed by atoms with Gasteiger partial charge in [-0.15, -0.1) is 0 Å². The predicted octanol–water partition coefficient (Wildman–Crippen LogP) is 2.17. The largest absolute Gasteiger partial charge is 0.348 e. The van der Waals surface area contributed by atoms with Gasteiger partial charge in [-0.05, 0) is 57.1 Å². The minimum absolute atomic E-state index is 0.206. The fourth-order valence-electron chi connectivity index (χ4n) is 2.81. The zero-order valence-electron chi connectivity index (χ0n) is 9.55. The molecular formula is C13H20N2. The van der Waals surface area contributed by atoms with Crippen molar-refractivity contribution in [2.45, 2.75) is 57.5 Å². The van der Waals surface area contributed by atoms with Crippen molar-refractivity contribution in [1.82, 2.24) is 4.57 Å². The Hall–Kier alpha value is -0.760. The van der Waals surface area contributed by atoms with Gasteiger partial charge in [-0.3, -0.25) is 0 Å². The normalized spacial score (nSPS) is 21.7. The van der Waals surface area contributed by atoms with Gasteiger partial charge in [0, 0.05) is 23.5 Å². The van der Waals surface area contributed by atoms with E-state index in [1.807, 2.05) is 0 Å². The van der Waals surface area contributed by atoms with Gasteiger partial charge in [0.1, 0.15) is 0 Å². The van der Waals surface area contributed by atoms with Crippen molar-refractivity contribution in [3.05, 3.63) is 23.0 Å². The lowest BCUT2D eigenvalue weighted by Crippen LogP contribution is -2.22. The van der Waals surface area contributed by atoms with Crippen molar-refractivity contribution in [2.24, 2.45) is 5.73 Å². The van der Waals surface area contributed by atoms with Gasteiger partial charge in [0.25, 0.3) is 0 Å². The molecule has 15 heavy (non-hydrogen) atoms. The number of aryl methyl sites for hydroxylation is 2. The predicted molar refractivity (Wildman–Crippen MR) is 62.0 cm³/mol. The zero-order valence-corrected chi connectivity index (χ0v) is 9.55. The van der Waals surface area contributed by atoms with Gasteiger partial charge in [0.2, 0.25) is 0 Å². The second-order valence-electron chi connectivity index (χ2n) is 5.38. The summed E-state index contributed by atoms with van der Waals surface area (Å²) in [6.45, 7) is 3.48. The first-order valence-corrected chi connectivity index (χ1v) is 6.15. The highest BCUT2D eigenvalue weighted by Gasteiger charge is 2.37. The van der Waals surface area contributed by atoms with Crippen LogP contribution in [0.2, 0.25) is 0 Å². The summed E-state index contributed by atoms with van der Waals surface area (Å²) in [7, 11) is 0. The summed E-state index contributed by atoms with van der Waals surface area (Å²) in [5, 5.41) is 0. The first-order chi connectivity index (χ1) is 7.18. The van der Waals surface area contributed by atoms with Gasteiger partial charge < -0.3 is 10.3 Å². The van der Waals surface area contributed by atoms with Gasteiger partial charge in [-0.2, -0.15) is 0 Å². The minimum Gasteiger partial charge on any atom is -0.348 e. The fourth-order valence-corrected chi connectivity index (χ4v) is 2.81. The molecule has 2 heteroatoms. The molecule has 1 aromatic heterocycles. The second kappa shape index (κ2) is 3.11. The van der Waals surface area contributed by atoms with Crippen LogP contribution in [-0.4, -0.2) is 10.1 Å². The molecule has 0 spiro atoms. The minimum atomic E-state index is 0.206. The fraction of sp³-hybridized carbons (Fsp3) is 0.692. The van der Waals surface area contributed by atoms with Gasteiger partial charge in [0.15, 0.2) is 0 Å². The molecule has 0 radical (unpaired) electrons. The number of rotatable bonds is 3. The van der Waals surface area contributed by atoms with Crippen molar-refractivity contribution >= 4 is 0 Å². The van der Waals surface area contributed by atoms with Crippen molar-refractivity contribution in [3.63, 3.8) is 0 Å². The molecule has 1 aliphatic carbocycles. The van der Waals surface area contributed by atoms with Crippen LogP contribution in [0.25, 0.3) is 0 Å². The summed E-state index contributed by atoms with van der Waals surface area (Å²) >= 11 is 0. The Morgan fingerprint density at radius 2 is 2.27 bits per heavy atom. The van der Waals surface area contributed by atoms with Crippen LogP contribution in [0.4, 0.5) is 0 Å². The molecule has 1 fully saturated rings. The summed E-state index contributed by atoms with van der Waals surface area (Å²) in [6, 6.07) is 2.38. The molecule has 1 aliphatic heterocycles. The van der Waals surface area contributed by atoms with Crippen molar-refractivity contribution in [3.8, 4) is 0 Å². The molecule has 3 rings (SSSR count). The third-order valence-corrected chi connectivity index (χ3v) is 4.08. The van der Waals surface area contributed by atoms with Crippen LogP contribution in [0.3, 0.4) is 0 Å². The maximum Gasteiger partial charge on any atom is 0.0228 e. The van der Waals surface area contributed by atoms with Gasteiger partial charge >= 0.3 is 0 Å². The maximum absolute atomic E-state index is 6.14. The van der Waals surface area contributed by atoms with E-state index in [9.17, 15) is 0 Å². The summed E-state index contributed by atoms with van der Waals surface area (Å²) in [4.78, 5) is 0. The second-order valence-corrected chi connectivity index (χ2v) is 5.38. The molecule has 0 unspecified atom stereocenters. The summed E-state index contributed by atoms with van der Waals surface area (Å²) in [5.41, 5.74) is 10.9. The van der Waals surface area contributed by atoms with Gasteiger partial charge in [-0.1, -0.05) is 0 Å². The SMILES string of the molecule is Cc1cc(CCC2(N)CC2)n2c1CCC2. The number of hydrogen-bond donors (Lipinski definition) is 1. The lowest BCUT2D eigenvalue weighted by molar-refractivity contribution is 0.585. The molecule has 1 aromatic rings. The van der Waals surface area contributed by atoms with E-state index in [-0.39, 0.29) is 5.54 Å². The van der Waals surface area contributed by atoms with Crippen molar-refractivity contribution < 1.29 is 0 Å². The quantitative estimate of drug-likeness (QED) is 0.803. The number of nitrogens with zero attached hydrogens (tertiary/aromatic N) is 1. The van der Waals surface area contributed by atoms with E-state index in [1.54, 1.807) is 5.69 Å². The van der Waals surface area contributed by atoms with E-state index in [1.165, 1.54) is 56.3 Å². The van der Waals surface area contributed by atoms with Crippen LogP contribution in [0.15, 0.2) is 6.07 Å². The van der Waals surface area contributed by atoms with E-state index in [0.29, 0.717) is 0 Å². The molecule has 1 saturated carbocycles. The Bertz CT molecular complexity index is 385. The molecule has 2 N–H and O–H groups in total. The number of aromatic nitrogens is 1. The van der Waals surface area contributed by atoms with E-state index in [4.69, 9.17) is 5.73 Å². The highest BCUT2D eigenvalue weighted by Crippen LogP contribution is 2.37. The molecule has 2 aliphatic rings. The molecule has 0 amide bonds. The van der Waals surface area contributed by atoms with Gasteiger partial charge in [-0.25, -0.2) is 0 Å². The highest BCUT2D eigenvalue weighted by molar-refractivity contribution is 5.29. The maximum atomic E-state index is 6.14. The zero-order chi connectivity index (χ0) is 10.5. The Morgan fingerprint density at radius 3 is 3.00 bits per heavy atom. The van der Waals surface area contributed by atoms with Crippen LogP contribution in [0, 0.1) is 6.92 Å². The molecule has 0 aromatic carbocycles. The molecule has 2 nitrogen and oxygen atoms in total. The van der Waals surface area contributed by atoms with Crippen LogP contribution in [0.1, 0.15) is 42.6 Å². The smallest absolute Gasteiger partial charge is 0.0228 e. The number of nitrogens with two attached hydrogens (primary N) is 1. The van der Waals surface area contributed by atoms with E-state index >= 15 is 0 Å². The Balaban J connectivity index is 1.77. The molecule has 0 bridgehead atoms. The van der Waals surface area contributed by atoms with E-state index in [0.717, 1.165) is 0 Å². The van der Waals surface area contributed by atoms with Crippen molar-refractivity contribution in [1.29, 1.82) is 0 Å². The van der Waals surface area contributed by atoms with Crippen LogP contribution in [-0.2, 0) is 19.4 Å². The van der Waals surface area contributed by atoms with Crippen molar-refractivity contribution in [2.75, 3.05) is 0 Å². The van der Waals surface area contributed by atoms with Crippen LogP contribution in [0.5, 0.6) is 0 Å². The van der Waals surface area contributed by atoms with Crippen LogP contribution < -0.4 is 5.73 Å². The number of hydrogen-bond acceptors (Lipinski definition) is 1. The van der Waals surface area contributed by atoms with E-state index < -0.39 is 0 Å². The molecule has 0 atom stereocenters.